The molecule has 1 aliphatic rings. The fourth-order valence-electron chi connectivity index (χ4n) is 2.14. The zero-order valence-corrected chi connectivity index (χ0v) is 9.87. The lowest BCUT2D eigenvalue weighted by Gasteiger charge is -2.27. The Bertz CT molecular complexity index is 438. The van der Waals surface area contributed by atoms with Gasteiger partial charge >= 0.3 is 5.97 Å². The highest BCUT2D eigenvalue weighted by molar-refractivity contribution is 5.77. The molecule has 0 saturated heterocycles. The van der Waals surface area contributed by atoms with Gasteiger partial charge < -0.3 is 10.4 Å². The highest BCUT2D eigenvalue weighted by atomic mass is 16.4. The molecule has 1 unspecified atom stereocenters. The number of hydrogen-bond donors (Lipinski definition) is 2. The van der Waals surface area contributed by atoms with Crippen molar-refractivity contribution in [1.82, 2.24) is 0 Å². The van der Waals surface area contributed by atoms with E-state index in [0.29, 0.717) is 0 Å². The van der Waals surface area contributed by atoms with Crippen LogP contribution in [0.15, 0.2) is 18.2 Å². The number of aliphatic carboxylic acids is 1. The summed E-state index contributed by atoms with van der Waals surface area (Å²) >= 11 is 0. The number of carboxylic acids is 1. The van der Waals surface area contributed by atoms with Crippen LogP contribution >= 0.6 is 0 Å². The number of carboxylic acid groups (broad SMARTS) is 1. The fraction of sp³-hybridized carbons (Fsp3) is 0.462. The average Bonchev–Trinajstić information content (AvgIpc) is 2.63. The summed E-state index contributed by atoms with van der Waals surface area (Å²) in [4.78, 5) is 11.2. The van der Waals surface area contributed by atoms with Crippen LogP contribution in [0.1, 0.15) is 25.0 Å². The molecule has 0 radical (unpaired) electrons. The molecule has 1 aromatic rings. The predicted octanol–water partition coefficient (Wildman–Crippen LogP) is 2.44. The van der Waals surface area contributed by atoms with Crippen molar-refractivity contribution in [2.75, 3.05) is 5.32 Å². The van der Waals surface area contributed by atoms with Gasteiger partial charge in [-0.1, -0.05) is 12.1 Å². The first-order valence-corrected chi connectivity index (χ1v) is 5.51. The van der Waals surface area contributed by atoms with Crippen LogP contribution in [0.4, 0.5) is 5.69 Å². The topological polar surface area (TPSA) is 49.3 Å². The van der Waals surface area contributed by atoms with Crippen molar-refractivity contribution in [3.63, 3.8) is 0 Å². The monoisotopic (exact) mass is 219 g/mol. The predicted molar refractivity (Wildman–Crippen MR) is 63.7 cm³/mol. The Labute approximate surface area is 95.5 Å². The van der Waals surface area contributed by atoms with E-state index in [2.05, 4.69) is 18.3 Å². The Morgan fingerprint density at radius 3 is 2.75 bits per heavy atom. The Hall–Kier alpha value is -1.51. The molecule has 1 aromatic carbocycles. The van der Waals surface area contributed by atoms with Crippen molar-refractivity contribution in [1.29, 1.82) is 0 Å². The summed E-state index contributed by atoms with van der Waals surface area (Å²) < 4.78 is 0. The van der Waals surface area contributed by atoms with Crippen molar-refractivity contribution in [3.05, 3.63) is 29.3 Å². The van der Waals surface area contributed by atoms with Crippen LogP contribution in [0.25, 0.3) is 0 Å². The number of hydrogen-bond acceptors (Lipinski definition) is 2. The van der Waals surface area contributed by atoms with E-state index in [9.17, 15) is 9.90 Å². The molecule has 0 saturated carbocycles. The second kappa shape index (κ2) is 3.51. The molecule has 0 fully saturated rings. The van der Waals surface area contributed by atoms with E-state index in [4.69, 9.17) is 0 Å². The largest absolute Gasteiger partial charge is 0.481 e. The molecule has 16 heavy (non-hydrogen) atoms. The highest BCUT2D eigenvalue weighted by Crippen LogP contribution is 2.36. The lowest BCUT2D eigenvalue weighted by molar-refractivity contribution is -0.147. The van der Waals surface area contributed by atoms with Crippen LogP contribution in [0.3, 0.4) is 0 Å². The number of nitrogens with one attached hydrogen (secondary N) is 1. The lowest BCUT2D eigenvalue weighted by atomic mass is 9.82. The van der Waals surface area contributed by atoms with E-state index in [-0.39, 0.29) is 6.04 Å². The van der Waals surface area contributed by atoms with Gasteiger partial charge in [0.2, 0.25) is 0 Å². The van der Waals surface area contributed by atoms with Crippen LogP contribution in [0, 0.1) is 12.3 Å². The number of benzene rings is 1. The quantitative estimate of drug-likeness (QED) is 0.803. The normalized spacial score (nSPS) is 19.1. The summed E-state index contributed by atoms with van der Waals surface area (Å²) in [6.07, 6.45) is 0.793. The number of aryl methyl sites for hydroxylation is 1. The third kappa shape index (κ3) is 1.56. The smallest absolute Gasteiger partial charge is 0.311 e. The molecule has 1 aliphatic heterocycles. The summed E-state index contributed by atoms with van der Waals surface area (Å²) in [5, 5.41) is 12.5. The van der Waals surface area contributed by atoms with Gasteiger partial charge in [-0.25, -0.2) is 0 Å². The van der Waals surface area contributed by atoms with Crippen LogP contribution in [0.2, 0.25) is 0 Å². The van der Waals surface area contributed by atoms with Gasteiger partial charge in [-0.2, -0.15) is 0 Å². The molecule has 0 bridgehead atoms. The molecule has 3 nitrogen and oxygen atoms in total. The molecule has 2 rings (SSSR count). The summed E-state index contributed by atoms with van der Waals surface area (Å²) in [5.41, 5.74) is 2.82. The second-order valence-corrected chi connectivity index (χ2v) is 5.03. The molecule has 0 aliphatic carbocycles. The second-order valence-electron chi connectivity index (χ2n) is 5.03. The van der Waals surface area contributed by atoms with Gasteiger partial charge in [0.25, 0.3) is 0 Å². The van der Waals surface area contributed by atoms with Gasteiger partial charge in [-0.3, -0.25) is 4.79 Å². The van der Waals surface area contributed by atoms with E-state index in [1.165, 1.54) is 11.1 Å². The first-order valence-electron chi connectivity index (χ1n) is 5.51. The minimum atomic E-state index is -0.754. The zero-order chi connectivity index (χ0) is 11.9. The van der Waals surface area contributed by atoms with E-state index >= 15 is 0 Å². The minimum absolute atomic E-state index is 0.0268. The number of rotatable bonds is 2. The first kappa shape index (κ1) is 11.0. The molecular formula is C13H17NO2. The van der Waals surface area contributed by atoms with Crippen LogP contribution in [0.5, 0.6) is 0 Å². The van der Waals surface area contributed by atoms with Gasteiger partial charge in [-0.05, 0) is 44.4 Å². The SMILES string of the molecule is Cc1cccc2c1CC(C(C)(C)C(=O)O)N2. The van der Waals surface area contributed by atoms with Crippen LogP contribution in [-0.4, -0.2) is 17.1 Å². The molecular weight excluding hydrogens is 202 g/mol. The van der Waals surface area contributed by atoms with E-state index in [0.717, 1.165) is 12.1 Å². The standard InChI is InChI=1S/C13H17NO2/c1-8-5-4-6-10-9(8)7-11(14-10)13(2,3)12(15)16/h4-6,11,14H,7H2,1-3H3,(H,15,16). The molecule has 0 spiro atoms. The minimum Gasteiger partial charge on any atom is -0.481 e. The summed E-state index contributed by atoms with van der Waals surface area (Å²) in [6, 6.07) is 6.05. The van der Waals surface area contributed by atoms with Crippen LogP contribution < -0.4 is 5.32 Å². The Kier molecular flexibility index (Phi) is 2.41. The third-order valence-electron chi connectivity index (χ3n) is 3.57. The van der Waals surface area contributed by atoms with Gasteiger partial charge in [0.1, 0.15) is 0 Å². The molecule has 2 N–H and O–H groups in total. The van der Waals surface area contributed by atoms with E-state index in [1.54, 1.807) is 13.8 Å². The third-order valence-corrected chi connectivity index (χ3v) is 3.57. The van der Waals surface area contributed by atoms with E-state index < -0.39 is 11.4 Å². The number of fused-ring (bicyclic) bond motifs is 1. The Morgan fingerprint density at radius 1 is 1.50 bits per heavy atom. The molecule has 3 heteroatoms. The van der Waals surface area contributed by atoms with Crippen molar-refractivity contribution in [2.45, 2.75) is 33.2 Å². The first-order chi connectivity index (χ1) is 7.43. The molecule has 1 heterocycles. The maximum atomic E-state index is 11.2. The Morgan fingerprint density at radius 2 is 2.19 bits per heavy atom. The molecule has 1 atom stereocenters. The van der Waals surface area contributed by atoms with Crippen molar-refractivity contribution < 1.29 is 9.90 Å². The number of anilines is 1. The lowest BCUT2D eigenvalue weighted by Crippen LogP contribution is -2.41. The van der Waals surface area contributed by atoms with Gasteiger partial charge in [0.05, 0.1) is 5.41 Å². The van der Waals surface area contributed by atoms with Crippen molar-refractivity contribution >= 4 is 11.7 Å². The summed E-state index contributed by atoms with van der Waals surface area (Å²) in [5.74, 6) is -0.754. The summed E-state index contributed by atoms with van der Waals surface area (Å²) in [7, 11) is 0. The van der Waals surface area contributed by atoms with Crippen molar-refractivity contribution in [3.8, 4) is 0 Å². The fourth-order valence-corrected chi connectivity index (χ4v) is 2.14. The number of carbonyl (C=O) groups is 1. The van der Waals surface area contributed by atoms with Crippen LogP contribution in [-0.2, 0) is 11.2 Å². The van der Waals surface area contributed by atoms with Gasteiger partial charge in [0, 0.05) is 11.7 Å². The Balaban J connectivity index is 2.30. The average molecular weight is 219 g/mol. The van der Waals surface area contributed by atoms with Gasteiger partial charge in [0.15, 0.2) is 0 Å². The zero-order valence-electron chi connectivity index (χ0n) is 9.87. The maximum Gasteiger partial charge on any atom is 0.311 e. The van der Waals surface area contributed by atoms with Crippen molar-refractivity contribution in [2.24, 2.45) is 5.41 Å². The van der Waals surface area contributed by atoms with E-state index in [1.807, 2.05) is 12.1 Å². The molecule has 0 aromatic heterocycles. The maximum absolute atomic E-state index is 11.2. The molecule has 0 amide bonds. The van der Waals surface area contributed by atoms with Gasteiger partial charge in [-0.15, -0.1) is 0 Å². The molecule has 86 valence electrons. The highest BCUT2D eigenvalue weighted by Gasteiger charge is 2.40. The summed E-state index contributed by atoms with van der Waals surface area (Å²) in [6.45, 7) is 5.61.